The van der Waals surface area contributed by atoms with Crippen molar-refractivity contribution in [3.8, 4) is 0 Å². The SMILES string of the molecule is C=C(C)/C(C)=C/C(=NC)C1=CC(=C2CC2)N2C=C(C3C[C@H](C)N[C@@H](C)C3)C=CC2=N1.CCC/C=C(/C)C(C)CC. The predicted octanol–water partition coefficient (Wildman–Crippen LogP) is 9.23. The van der Waals surface area contributed by atoms with Gasteiger partial charge in [-0.25, -0.2) is 4.99 Å². The topological polar surface area (TPSA) is 40.0 Å². The maximum Gasteiger partial charge on any atom is 0.137 e. The number of unbranched alkanes of at least 4 members (excludes halogenated alkanes) is 1. The molecular formula is C36H54N4. The summed E-state index contributed by atoms with van der Waals surface area (Å²) in [7, 11) is 1.84. The van der Waals surface area contributed by atoms with E-state index in [1.54, 1.807) is 5.57 Å². The van der Waals surface area contributed by atoms with E-state index >= 15 is 0 Å². The van der Waals surface area contributed by atoms with Crippen LogP contribution in [0.2, 0.25) is 0 Å². The summed E-state index contributed by atoms with van der Waals surface area (Å²) in [4.78, 5) is 11.8. The molecule has 218 valence electrons. The van der Waals surface area contributed by atoms with Crippen LogP contribution in [0.25, 0.3) is 0 Å². The lowest BCUT2D eigenvalue weighted by atomic mass is 9.83. The highest BCUT2D eigenvalue weighted by Crippen LogP contribution is 2.39. The second-order valence-electron chi connectivity index (χ2n) is 12.2. The van der Waals surface area contributed by atoms with E-state index < -0.39 is 0 Å². The molecule has 40 heavy (non-hydrogen) atoms. The maximum atomic E-state index is 4.98. The van der Waals surface area contributed by atoms with Crippen LogP contribution in [-0.4, -0.2) is 35.6 Å². The lowest BCUT2D eigenvalue weighted by Gasteiger charge is -2.36. The number of nitrogens with zero attached hydrogens (tertiary/aromatic N) is 3. The van der Waals surface area contributed by atoms with Crippen LogP contribution >= 0.6 is 0 Å². The first-order chi connectivity index (χ1) is 19.1. The standard InChI is InChI=1S/C26H34N4.C10H20/c1-16(2)17(3)11-23(27-6)24-14-25(20-7-8-20)30-15-21(9-10-26(30)29-24)22-12-18(4)28-19(5)13-22;1-5-7-8-10(4)9(3)6-2/h9-11,14-15,18-19,22,28H,1,7-8,12-13H2,2-6H3;8-9H,5-7H2,1-4H3/b17-11+,27-23?;10-8-/t18-,19-;/m0./s1. The van der Waals surface area contributed by atoms with Gasteiger partial charge in [0.15, 0.2) is 0 Å². The summed E-state index contributed by atoms with van der Waals surface area (Å²) in [6.45, 7) is 21.7. The molecule has 3 atom stereocenters. The van der Waals surface area contributed by atoms with Crippen LogP contribution in [0, 0.1) is 11.8 Å². The van der Waals surface area contributed by atoms with Crippen LogP contribution in [-0.2, 0) is 0 Å². The fourth-order valence-corrected chi connectivity index (χ4v) is 5.43. The van der Waals surface area contributed by atoms with Crippen LogP contribution in [0.15, 0.2) is 92.4 Å². The minimum atomic E-state index is 0.559. The highest BCUT2D eigenvalue weighted by molar-refractivity contribution is 6.12. The average Bonchev–Trinajstić information content (AvgIpc) is 3.78. The van der Waals surface area contributed by atoms with E-state index in [2.05, 4.69) is 107 Å². The molecule has 0 radical (unpaired) electrons. The molecule has 0 aromatic heterocycles. The molecule has 3 aliphatic heterocycles. The number of rotatable bonds is 8. The fourth-order valence-electron chi connectivity index (χ4n) is 5.43. The van der Waals surface area contributed by atoms with E-state index in [0.29, 0.717) is 18.0 Å². The highest BCUT2D eigenvalue weighted by Gasteiger charge is 2.31. The molecule has 1 unspecified atom stereocenters. The third kappa shape index (κ3) is 8.64. The quantitative estimate of drug-likeness (QED) is 0.189. The van der Waals surface area contributed by atoms with Crippen molar-refractivity contribution < 1.29 is 0 Å². The molecule has 1 saturated heterocycles. The summed E-state index contributed by atoms with van der Waals surface area (Å²) in [6, 6.07) is 1.12. The molecule has 4 nitrogen and oxygen atoms in total. The van der Waals surface area contributed by atoms with Gasteiger partial charge >= 0.3 is 0 Å². The summed E-state index contributed by atoms with van der Waals surface area (Å²) >= 11 is 0. The van der Waals surface area contributed by atoms with Gasteiger partial charge in [-0.15, -0.1) is 0 Å². The minimum absolute atomic E-state index is 0.559. The molecule has 4 heteroatoms. The Kier molecular flexibility index (Phi) is 11.7. The van der Waals surface area contributed by atoms with Crippen molar-refractivity contribution in [2.24, 2.45) is 21.8 Å². The van der Waals surface area contributed by atoms with Crippen molar-refractivity contribution in [3.63, 3.8) is 0 Å². The van der Waals surface area contributed by atoms with Crippen molar-refractivity contribution in [2.45, 2.75) is 112 Å². The summed E-state index contributed by atoms with van der Waals surface area (Å²) in [5.74, 6) is 2.37. The molecule has 4 aliphatic rings. The van der Waals surface area contributed by atoms with Gasteiger partial charge in [0.1, 0.15) is 5.84 Å². The third-order valence-electron chi connectivity index (χ3n) is 8.57. The Labute approximate surface area is 245 Å². The van der Waals surface area contributed by atoms with E-state index in [1.165, 1.54) is 61.8 Å². The number of hydrogen-bond donors (Lipinski definition) is 1. The summed E-state index contributed by atoms with van der Waals surface area (Å²) < 4.78 is 0. The van der Waals surface area contributed by atoms with Crippen LogP contribution < -0.4 is 5.32 Å². The average molecular weight is 543 g/mol. The number of amidine groups is 1. The molecule has 0 bridgehead atoms. The lowest BCUT2D eigenvalue weighted by molar-refractivity contribution is 0.292. The lowest BCUT2D eigenvalue weighted by Crippen LogP contribution is -2.43. The van der Waals surface area contributed by atoms with Gasteiger partial charge in [-0.05, 0) is 120 Å². The summed E-state index contributed by atoms with van der Waals surface area (Å²) in [6.07, 6.45) is 22.0. The maximum absolute atomic E-state index is 4.98. The first-order valence-corrected chi connectivity index (χ1v) is 15.5. The van der Waals surface area contributed by atoms with Crippen molar-refractivity contribution >= 4 is 11.5 Å². The van der Waals surface area contributed by atoms with Gasteiger partial charge in [0.05, 0.1) is 11.4 Å². The van der Waals surface area contributed by atoms with Gasteiger partial charge in [-0.2, -0.15) is 0 Å². The molecule has 2 fully saturated rings. The largest absolute Gasteiger partial charge is 0.312 e. The first-order valence-electron chi connectivity index (χ1n) is 15.5. The molecule has 0 amide bonds. The van der Waals surface area contributed by atoms with Gasteiger partial charge in [0.2, 0.25) is 0 Å². The highest BCUT2D eigenvalue weighted by atomic mass is 15.2. The smallest absolute Gasteiger partial charge is 0.137 e. The molecule has 0 aromatic carbocycles. The molecule has 3 heterocycles. The number of allylic oxidation sites excluding steroid dienone is 9. The van der Waals surface area contributed by atoms with E-state index in [4.69, 9.17) is 4.99 Å². The monoisotopic (exact) mass is 542 g/mol. The molecule has 4 rings (SSSR count). The van der Waals surface area contributed by atoms with E-state index in [1.807, 2.05) is 14.0 Å². The molecule has 1 saturated carbocycles. The molecule has 0 spiro atoms. The zero-order valence-electron chi connectivity index (χ0n) is 26.8. The molecule has 0 aromatic rings. The van der Waals surface area contributed by atoms with Crippen LogP contribution in [0.3, 0.4) is 0 Å². The summed E-state index contributed by atoms with van der Waals surface area (Å²) in [5, 5.41) is 3.66. The van der Waals surface area contributed by atoms with Crippen LogP contribution in [0.5, 0.6) is 0 Å². The Bertz CT molecular complexity index is 1170. The minimum Gasteiger partial charge on any atom is -0.312 e. The second-order valence-corrected chi connectivity index (χ2v) is 12.2. The Morgan fingerprint density at radius 1 is 1.15 bits per heavy atom. The van der Waals surface area contributed by atoms with Gasteiger partial charge < -0.3 is 10.2 Å². The van der Waals surface area contributed by atoms with Crippen molar-refractivity contribution in [2.75, 3.05) is 7.05 Å². The van der Waals surface area contributed by atoms with Crippen LogP contribution in [0.4, 0.5) is 0 Å². The zero-order valence-corrected chi connectivity index (χ0v) is 26.8. The predicted molar refractivity (Wildman–Crippen MR) is 176 cm³/mol. The second kappa shape index (κ2) is 14.8. The molecule has 1 aliphatic carbocycles. The third-order valence-corrected chi connectivity index (χ3v) is 8.57. The first kappa shape index (κ1) is 31.8. The van der Waals surface area contributed by atoms with E-state index in [0.717, 1.165) is 34.3 Å². The molecule has 1 N–H and O–H groups in total. The van der Waals surface area contributed by atoms with Gasteiger partial charge in [-0.1, -0.05) is 57.1 Å². The number of hydrogen-bond acceptors (Lipinski definition) is 4. The normalized spacial score (nSPS) is 25.8. The van der Waals surface area contributed by atoms with Gasteiger partial charge in [0, 0.05) is 31.0 Å². The summed E-state index contributed by atoms with van der Waals surface area (Å²) in [5.41, 5.74) is 9.81. The van der Waals surface area contributed by atoms with Crippen molar-refractivity contribution in [1.82, 2.24) is 10.2 Å². The Hall–Kier alpha value is -2.72. The van der Waals surface area contributed by atoms with Gasteiger partial charge in [0.25, 0.3) is 0 Å². The van der Waals surface area contributed by atoms with E-state index in [-0.39, 0.29) is 0 Å². The molecular weight excluding hydrogens is 488 g/mol. The number of fused-ring (bicyclic) bond motifs is 1. The van der Waals surface area contributed by atoms with Gasteiger partial charge in [-0.3, -0.25) is 4.99 Å². The Morgan fingerprint density at radius 3 is 2.38 bits per heavy atom. The number of piperidine rings is 1. The van der Waals surface area contributed by atoms with Crippen molar-refractivity contribution in [3.05, 3.63) is 82.4 Å². The number of aliphatic imine (C=N–C) groups is 2. The Balaban J connectivity index is 0.000000378. The fraction of sp³-hybridized carbons (Fsp3) is 0.556. The number of nitrogens with one attached hydrogen (secondary N) is 1. The van der Waals surface area contributed by atoms with Crippen molar-refractivity contribution in [1.29, 1.82) is 0 Å². The Morgan fingerprint density at radius 2 is 1.82 bits per heavy atom. The zero-order chi connectivity index (χ0) is 29.4. The van der Waals surface area contributed by atoms with E-state index in [9.17, 15) is 0 Å². The van der Waals surface area contributed by atoms with Crippen LogP contribution in [0.1, 0.15) is 100 Å².